The van der Waals surface area contributed by atoms with Crippen molar-refractivity contribution in [3.05, 3.63) is 52.6 Å². The lowest BCUT2D eigenvalue weighted by Crippen LogP contribution is -2.31. The molecule has 7 nitrogen and oxygen atoms in total. The fourth-order valence-electron chi connectivity index (χ4n) is 2.92. The molecular formula is C20H24N4O3S2. The van der Waals surface area contributed by atoms with E-state index in [9.17, 15) is 13.2 Å². The van der Waals surface area contributed by atoms with Crippen molar-refractivity contribution in [3.63, 3.8) is 0 Å². The lowest BCUT2D eigenvalue weighted by molar-refractivity contribution is 0.0949. The Kier molecular flexibility index (Phi) is 6.94. The minimum atomic E-state index is -3.78. The van der Waals surface area contributed by atoms with Crippen LogP contribution in [0.1, 0.15) is 42.2 Å². The van der Waals surface area contributed by atoms with Gasteiger partial charge in [-0.2, -0.15) is 4.31 Å². The Hall–Kier alpha value is -2.36. The third-order valence-corrected chi connectivity index (χ3v) is 7.03. The second-order valence-corrected chi connectivity index (χ2v) is 9.40. The average Bonchev–Trinajstić information content (AvgIpc) is 3.20. The van der Waals surface area contributed by atoms with Crippen LogP contribution in [0.15, 0.2) is 46.8 Å². The molecule has 0 aliphatic heterocycles. The number of para-hydroxylation sites is 1. The molecule has 1 amide bonds. The molecule has 1 aromatic carbocycles. The van der Waals surface area contributed by atoms with Gasteiger partial charge in [0.2, 0.25) is 10.0 Å². The van der Waals surface area contributed by atoms with Gasteiger partial charge in [-0.15, -0.1) is 11.3 Å². The molecule has 29 heavy (non-hydrogen) atoms. The zero-order valence-corrected chi connectivity index (χ0v) is 18.1. The number of carbonyl (C=O) groups excluding carboxylic acids is 1. The van der Waals surface area contributed by atoms with Gasteiger partial charge in [-0.3, -0.25) is 9.78 Å². The first-order valence-corrected chi connectivity index (χ1v) is 11.9. The van der Waals surface area contributed by atoms with E-state index in [1.54, 1.807) is 29.8 Å². The van der Waals surface area contributed by atoms with E-state index in [2.05, 4.69) is 15.3 Å². The van der Waals surface area contributed by atoms with Crippen molar-refractivity contribution in [3.8, 4) is 0 Å². The van der Waals surface area contributed by atoms with Crippen molar-refractivity contribution in [1.82, 2.24) is 19.6 Å². The monoisotopic (exact) mass is 432 g/mol. The molecule has 1 N–H and O–H groups in total. The molecule has 3 aromatic rings. The maximum atomic E-state index is 13.4. The van der Waals surface area contributed by atoms with Crippen molar-refractivity contribution >= 4 is 38.2 Å². The van der Waals surface area contributed by atoms with Crippen LogP contribution in [0.3, 0.4) is 0 Å². The summed E-state index contributed by atoms with van der Waals surface area (Å²) in [5.41, 5.74) is 0.772. The first-order chi connectivity index (χ1) is 14.0. The van der Waals surface area contributed by atoms with Crippen LogP contribution < -0.4 is 5.32 Å². The Balaban J connectivity index is 1.89. The number of nitrogens with zero attached hydrogens (tertiary/aromatic N) is 3. The largest absolute Gasteiger partial charge is 0.351 e. The number of benzene rings is 1. The van der Waals surface area contributed by atoms with E-state index in [0.717, 1.165) is 11.8 Å². The van der Waals surface area contributed by atoms with E-state index in [-0.39, 0.29) is 17.3 Å². The summed E-state index contributed by atoms with van der Waals surface area (Å²) in [5.74, 6) is -0.238. The number of pyridine rings is 1. The lowest BCUT2D eigenvalue weighted by Gasteiger charge is -2.21. The fourth-order valence-corrected chi connectivity index (χ4v) is 5.45. The zero-order valence-electron chi connectivity index (χ0n) is 16.5. The van der Waals surface area contributed by atoms with Crippen LogP contribution in [0.4, 0.5) is 0 Å². The summed E-state index contributed by atoms with van der Waals surface area (Å²) in [6, 6.07) is 8.77. The van der Waals surface area contributed by atoms with E-state index in [1.165, 1.54) is 15.6 Å². The minimum Gasteiger partial charge on any atom is -0.351 e. The van der Waals surface area contributed by atoms with Gasteiger partial charge in [-0.25, -0.2) is 13.4 Å². The van der Waals surface area contributed by atoms with E-state index >= 15 is 0 Å². The predicted octanol–water partition coefficient (Wildman–Crippen LogP) is 3.43. The molecule has 0 spiro atoms. The van der Waals surface area contributed by atoms with Crippen LogP contribution in [0, 0.1) is 0 Å². The molecule has 0 atom stereocenters. The number of thiazole rings is 1. The minimum absolute atomic E-state index is 0.116. The van der Waals surface area contributed by atoms with Gasteiger partial charge in [0.25, 0.3) is 5.91 Å². The van der Waals surface area contributed by atoms with Gasteiger partial charge >= 0.3 is 0 Å². The van der Waals surface area contributed by atoms with Crippen LogP contribution >= 0.6 is 11.3 Å². The Bertz CT molecular complexity index is 1090. The number of sulfonamides is 1. The van der Waals surface area contributed by atoms with Gasteiger partial charge in [-0.1, -0.05) is 32.0 Å². The Morgan fingerprint density at radius 1 is 1.17 bits per heavy atom. The van der Waals surface area contributed by atoms with E-state index < -0.39 is 10.0 Å². The van der Waals surface area contributed by atoms with E-state index in [1.807, 2.05) is 26.0 Å². The molecule has 0 saturated carbocycles. The van der Waals surface area contributed by atoms with Crippen molar-refractivity contribution in [1.29, 1.82) is 0 Å². The molecule has 0 saturated heterocycles. The third-order valence-electron chi connectivity index (χ3n) is 4.32. The normalized spacial score (nSPS) is 11.8. The Morgan fingerprint density at radius 2 is 1.97 bits per heavy atom. The van der Waals surface area contributed by atoms with Gasteiger partial charge < -0.3 is 5.32 Å². The van der Waals surface area contributed by atoms with E-state index in [4.69, 9.17) is 0 Å². The van der Waals surface area contributed by atoms with Gasteiger partial charge in [0.15, 0.2) is 0 Å². The highest BCUT2D eigenvalue weighted by atomic mass is 32.2. The summed E-state index contributed by atoms with van der Waals surface area (Å²) in [4.78, 5) is 20.9. The zero-order chi connectivity index (χ0) is 20.9. The molecule has 9 heteroatoms. The Morgan fingerprint density at radius 3 is 2.72 bits per heavy atom. The van der Waals surface area contributed by atoms with E-state index in [0.29, 0.717) is 35.7 Å². The SMILES string of the molecule is CCCNC(=O)c1csc(CN(CCC)S(=O)(=O)c2cccc3cccnc23)n1. The van der Waals surface area contributed by atoms with Crippen molar-refractivity contribution in [2.45, 2.75) is 38.1 Å². The number of nitrogens with one attached hydrogen (secondary N) is 1. The van der Waals surface area contributed by atoms with Crippen LogP contribution in [0.5, 0.6) is 0 Å². The molecule has 0 radical (unpaired) electrons. The molecular weight excluding hydrogens is 408 g/mol. The van der Waals surface area contributed by atoms with Gasteiger partial charge in [0, 0.05) is 30.1 Å². The maximum absolute atomic E-state index is 13.4. The first-order valence-electron chi connectivity index (χ1n) is 9.53. The highest BCUT2D eigenvalue weighted by molar-refractivity contribution is 7.89. The summed E-state index contributed by atoms with van der Waals surface area (Å²) in [7, 11) is -3.78. The van der Waals surface area contributed by atoms with Crippen molar-refractivity contribution < 1.29 is 13.2 Å². The quantitative estimate of drug-likeness (QED) is 0.559. The molecule has 154 valence electrons. The topological polar surface area (TPSA) is 92.3 Å². The Labute approximate surface area is 174 Å². The summed E-state index contributed by atoms with van der Waals surface area (Å²) in [6.07, 6.45) is 3.09. The van der Waals surface area contributed by atoms with Crippen LogP contribution in [0.25, 0.3) is 10.9 Å². The second kappa shape index (κ2) is 9.43. The van der Waals surface area contributed by atoms with Crippen LogP contribution in [0.2, 0.25) is 0 Å². The highest BCUT2D eigenvalue weighted by Crippen LogP contribution is 2.26. The van der Waals surface area contributed by atoms with Gasteiger partial charge in [0.05, 0.1) is 12.1 Å². The van der Waals surface area contributed by atoms with Crippen LogP contribution in [-0.4, -0.2) is 41.7 Å². The molecule has 2 aromatic heterocycles. The number of hydrogen-bond acceptors (Lipinski definition) is 6. The number of hydrogen-bond donors (Lipinski definition) is 1. The number of carbonyl (C=O) groups is 1. The summed E-state index contributed by atoms with van der Waals surface area (Å²) in [5, 5.41) is 5.80. The number of aromatic nitrogens is 2. The molecule has 0 fully saturated rings. The molecule has 3 rings (SSSR count). The second-order valence-electron chi connectivity index (χ2n) is 6.55. The molecule has 0 bridgehead atoms. The summed E-state index contributed by atoms with van der Waals surface area (Å²) >= 11 is 1.29. The third kappa shape index (κ3) is 4.80. The number of fused-ring (bicyclic) bond motifs is 1. The fraction of sp³-hybridized carbons (Fsp3) is 0.350. The summed E-state index contributed by atoms with van der Waals surface area (Å²) < 4.78 is 28.2. The first kappa shape index (κ1) is 21.4. The highest BCUT2D eigenvalue weighted by Gasteiger charge is 2.27. The molecule has 0 aliphatic rings. The maximum Gasteiger partial charge on any atom is 0.270 e. The smallest absolute Gasteiger partial charge is 0.270 e. The molecule has 2 heterocycles. The number of rotatable bonds is 9. The van der Waals surface area contributed by atoms with Gasteiger partial charge in [0.1, 0.15) is 15.6 Å². The van der Waals surface area contributed by atoms with Crippen molar-refractivity contribution in [2.24, 2.45) is 0 Å². The van der Waals surface area contributed by atoms with Gasteiger partial charge in [-0.05, 0) is 25.0 Å². The molecule has 0 aliphatic carbocycles. The van der Waals surface area contributed by atoms with Crippen molar-refractivity contribution in [2.75, 3.05) is 13.1 Å². The predicted molar refractivity (Wildman–Crippen MR) is 114 cm³/mol. The molecule has 0 unspecified atom stereocenters. The number of amides is 1. The van der Waals surface area contributed by atoms with Crippen LogP contribution in [-0.2, 0) is 16.6 Å². The standard InChI is InChI=1S/C20H24N4O3S2/c1-3-10-22-20(25)16-14-28-18(23-16)13-24(12-4-2)29(26,27)17-9-5-7-15-8-6-11-21-19(15)17/h5-9,11,14H,3-4,10,12-13H2,1-2H3,(H,22,25). The average molecular weight is 433 g/mol. The lowest BCUT2D eigenvalue weighted by atomic mass is 10.2. The summed E-state index contributed by atoms with van der Waals surface area (Å²) in [6.45, 7) is 4.95.